The van der Waals surface area contributed by atoms with E-state index in [2.05, 4.69) is 36.4 Å². The molecule has 17 heavy (non-hydrogen) atoms. The highest BCUT2D eigenvalue weighted by Crippen LogP contribution is 2.30. The molecule has 0 spiro atoms. The van der Waals surface area contributed by atoms with E-state index in [1.165, 1.54) is 16.7 Å². The van der Waals surface area contributed by atoms with Crippen molar-refractivity contribution in [3.8, 4) is 0 Å². The third-order valence-electron chi connectivity index (χ3n) is 3.23. The zero-order valence-electron chi connectivity index (χ0n) is 9.44. The van der Waals surface area contributed by atoms with Crippen molar-refractivity contribution in [1.29, 1.82) is 0 Å². The first-order valence-electron chi connectivity index (χ1n) is 5.84. The number of nitrogens with zero attached hydrogens (tertiary/aromatic N) is 1. The Morgan fingerprint density at radius 1 is 1.00 bits per heavy atom. The smallest absolute Gasteiger partial charge is 0.0748 e. The molecule has 1 aliphatic heterocycles. The van der Waals surface area contributed by atoms with Gasteiger partial charge in [0, 0.05) is 11.6 Å². The second kappa shape index (κ2) is 4.52. The minimum absolute atomic E-state index is 0.178. The summed E-state index contributed by atoms with van der Waals surface area (Å²) in [6.45, 7) is 0.907. The highest BCUT2D eigenvalue weighted by molar-refractivity contribution is 6.30. The second-order valence-electron chi connectivity index (χ2n) is 4.31. The van der Waals surface area contributed by atoms with Gasteiger partial charge in [-0.1, -0.05) is 48.0 Å². The van der Waals surface area contributed by atoms with E-state index in [0.717, 1.165) is 18.0 Å². The summed E-state index contributed by atoms with van der Waals surface area (Å²) >= 11 is 5.92. The average Bonchev–Trinajstić information content (AvgIpc) is 2.39. The number of rotatable bonds is 1. The molecule has 85 valence electrons. The summed E-state index contributed by atoms with van der Waals surface area (Å²) in [7, 11) is 0. The summed E-state index contributed by atoms with van der Waals surface area (Å²) in [5.41, 5.74) is 3.98. The number of hydrogen-bond donors (Lipinski definition) is 0. The first-order valence-corrected chi connectivity index (χ1v) is 6.22. The first kappa shape index (κ1) is 10.8. The van der Waals surface area contributed by atoms with Crippen LogP contribution in [0.4, 0.5) is 0 Å². The van der Waals surface area contributed by atoms with Crippen LogP contribution in [0.5, 0.6) is 0 Å². The van der Waals surface area contributed by atoms with Crippen LogP contribution in [0.15, 0.2) is 48.5 Å². The van der Waals surface area contributed by atoms with E-state index in [9.17, 15) is 0 Å². The molecule has 1 radical (unpaired) electrons. The summed E-state index contributed by atoms with van der Waals surface area (Å²) in [4.78, 5) is 0. The van der Waals surface area contributed by atoms with Gasteiger partial charge in [0.25, 0.3) is 0 Å². The SMILES string of the molecule is Clc1ccc(C2[N]CCc3ccccc32)cc1. The van der Waals surface area contributed by atoms with Gasteiger partial charge in [-0.2, -0.15) is 0 Å². The highest BCUT2D eigenvalue weighted by atomic mass is 35.5. The highest BCUT2D eigenvalue weighted by Gasteiger charge is 2.21. The lowest BCUT2D eigenvalue weighted by molar-refractivity contribution is 0.555. The molecular weight excluding hydrogens is 230 g/mol. The molecule has 2 aromatic carbocycles. The van der Waals surface area contributed by atoms with E-state index in [4.69, 9.17) is 16.9 Å². The summed E-state index contributed by atoms with van der Waals surface area (Å²) in [5, 5.41) is 5.50. The van der Waals surface area contributed by atoms with Crippen molar-refractivity contribution in [2.45, 2.75) is 12.5 Å². The fourth-order valence-corrected chi connectivity index (χ4v) is 2.50. The van der Waals surface area contributed by atoms with E-state index >= 15 is 0 Å². The van der Waals surface area contributed by atoms with Crippen LogP contribution in [0, 0.1) is 0 Å². The van der Waals surface area contributed by atoms with Crippen LogP contribution in [-0.2, 0) is 6.42 Å². The van der Waals surface area contributed by atoms with Gasteiger partial charge in [-0.05, 0) is 35.2 Å². The Labute approximate surface area is 106 Å². The zero-order chi connectivity index (χ0) is 11.7. The van der Waals surface area contributed by atoms with Crippen molar-refractivity contribution < 1.29 is 0 Å². The largest absolute Gasteiger partial charge is 0.229 e. The van der Waals surface area contributed by atoms with E-state index in [1.54, 1.807) is 0 Å². The normalized spacial score (nSPS) is 18.8. The Balaban J connectivity index is 2.03. The first-order chi connectivity index (χ1) is 8.34. The predicted molar refractivity (Wildman–Crippen MR) is 70.4 cm³/mol. The standard InChI is InChI=1S/C15H13ClN/c16-13-7-5-12(6-8-13)15-14-4-2-1-3-11(14)9-10-17-15/h1-8,15H,9-10H2. The summed E-state index contributed by atoms with van der Waals surface area (Å²) in [5.74, 6) is 0. The van der Waals surface area contributed by atoms with Crippen LogP contribution in [0.25, 0.3) is 0 Å². The molecule has 1 aliphatic rings. The fraction of sp³-hybridized carbons (Fsp3) is 0.200. The molecule has 1 heterocycles. The van der Waals surface area contributed by atoms with Crippen LogP contribution >= 0.6 is 11.6 Å². The Morgan fingerprint density at radius 2 is 1.76 bits per heavy atom. The molecule has 0 N–H and O–H groups in total. The number of halogens is 1. The number of hydrogen-bond acceptors (Lipinski definition) is 0. The predicted octanol–water partition coefficient (Wildman–Crippen LogP) is 3.59. The van der Waals surface area contributed by atoms with Crippen LogP contribution in [0.1, 0.15) is 22.7 Å². The van der Waals surface area contributed by atoms with E-state index in [1.807, 2.05) is 12.1 Å². The molecule has 0 fully saturated rings. The summed E-state index contributed by atoms with van der Waals surface area (Å²) < 4.78 is 0. The molecule has 0 saturated heterocycles. The molecule has 2 heteroatoms. The third kappa shape index (κ3) is 2.08. The molecule has 1 unspecified atom stereocenters. The Bertz CT molecular complexity index is 519. The minimum Gasteiger partial charge on any atom is -0.229 e. The maximum Gasteiger partial charge on any atom is 0.0748 e. The maximum atomic E-state index is 5.92. The van der Waals surface area contributed by atoms with Crippen molar-refractivity contribution >= 4 is 11.6 Å². The third-order valence-corrected chi connectivity index (χ3v) is 3.48. The monoisotopic (exact) mass is 242 g/mol. The molecule has 0 amide bonds. The number of benzene rings is 2. The quantitative estimate of drug-likeness (QED) is 0.726. The lowest BCUT2D eigenvalue weighted by Crippen LogP contribution is -2.24. The van der Waals surface area contributed by atoms with Crippen molar-refractivity contribution in [3.63, 3.8) is 0 Å². The fourth-order valence-electron chi connectivity index (χ4n) is 2.37. The van der Waals surface area contributed by atoms with Crippen molar-refractivity contribution in [2.75, 3.05) is 6.54 Å². The molecule has 0 bridgehead atoms. The van der Waals surface area contributed by atoms with E-state index in [-0.39, 0.29) is 6.04 Å². The average molecular weight is 243 g/mol. The van der Waals surface area contributed by atoms with Gasteiger partial charge >= 0.3 is 0 Å². The van der Waals surface area contributed by atoms with Gasteiger partial charge in [0.1, 0.15) is 0 Å². The van der Waals surface area contributed by atoms with Gasteiger partial charge in [0.2, 0.25) is 0 Å². The van der Waals surface area contributed by atoms with Crippen LogP contribution in [-0.4, -0.2) is 6.54 Å². The van der Waals surface area contributed by atoms with Crippen LogP contribution in [0.3, 0.4) is 0 Å². The van der Waals surface area contributed by atoms with Crippen molar-refractivity contribution in [3.05, 3.63) is 70.2 Å². The van der Waals surface area contributed by atoms with Gasteiger partial charge in [-0.3, -0.25) is 0 Å². The molecule has 0 aromatic heterocycles. The molecule has 0 aliphatic carbocycles. The zero-order valence-corrected chi connectivity index (χ0v) is 10.2. The van der Waals surface area contributed by atoms with Crippen molar-refractivity contribution in [2.24, 2.45) is 0 Å². The molecule has 1 atom stereocenters. The van der Waals surface area contributed by atoms with E-state index in [0.29, 0.717) is 0 Å². The Kier molecular flexibility index (Phi) is 2.87. The number of fused-ring (bicyclic) bond motifs is 1. The van der Waals surface area contributed by atoms with Gasteiger partial charge < -0.3 is 0 Å². The van der Waals surface area contributed by atoms with Crippen molar-refractivity contribution in [1.82, 2.24) is 5.32 Å². The summed E-state index contributed by atoms with van der Waals surface area (Å²) in [6, 6.07) is 16.7. The second-order valence-corrected chi connectivity index (χ2v) is 4.75. The van der Waals surface area contributed by atoms with Gasteiger partial charge in [-0.25, -0.2) is 5.32 Å². The lowest BCUT2D eigenvalue weighted by Gasteiger charge is -2.25. The summed E-state index contributed by atoms with van der Waals surface area (Å²) in [6.07, 6.45) is 1.06. The molecule has 2 aromatic rings. The molecule has 1 nitrogen and oxygen atoms in total. The Morgan fingerprint density at radius 3 is 2.59 bits per heavy atom. The lowest BCUT2D eigenvalue weighted by atomic mass is 9.90. The minimum atomic E-state index is 0.178. The van der Waals surface area contributed by atoms with Gasteiger partial charge in [0.05, 0.1) is 6.04 Å². The molecule has 0 saturated carbocycles. The van der Waals surface area contributed by atoms with Crippen LogP contribution in [0.2, 0.25) is 5.02 Å². The molecular formula is C15H13ClN. The maximum absolute atomic E-state index is 5.92. The van der Waals surface area contributed by atoms with Crippen LogP contribution < -0.4 is 5.32 Å². The van der Waals surface area contributed by atoms with Gasteiger partial charge in [-0.15, -0.1) is 0 Å². The van der Waals surface area contributed by atoms with Gasteiger partial charge in [0.15, 0.2) is 0 Å². The Hall–Kier alpha value is -1.31. The van der Waals surface area contributed by atoms with E-state index < -0.39 is 0 Å². The molecule has 3 rings (SSSR count). The topological polar surface area (TPSA) is 14.1 Å².